The highest BCUT2D eigenvalue weighted by atomic mass is 79.9. The molecule has 1 aromatic heterocycles. The molecule has 1 amide bonds. The summed E-state index contributed by atoms with van der Waals surface area (Å²) in [7, 11) is 1.63. The fourth-order valence-electron chi connectivity index (χ4n) is 2.59. The van der Waals surface area contributed by atoms with E-state index < -0.39 is 0 Å². The Morgan fingerprint density at radius 1 is 1.03 bits per heavy atom. The molecule has 3 rings (SSSR count). The quantitative estimate of drug-likeness (QED) is 0.442. The largest absolute Gasteiger partial charge is 0.497 e. The number of methoxy groups -OCH3 is 1. The van der Waals surface area contributed by atoms with E-state index in [-0.39, 0.29) is 5.91 Å². The Balaban J connectivity index is 1.52. The van der Waals surface area contributed by atoms with Gasteiger partial charge in [0, 0.05) is 40.6 Å². The standard InChI is InChI=1S/C21H22BrN5O2/c1-14-13-19(26-17-7-9-18(29-2)10-8-17)27-21(25-14)24-12-11-23-20(28)15-3-5-16(22)6-4-15/h3-10,13H,11-12H2,1-2H3,(H,23,28)(H2,24,25,26,27). The van der Waals surface area contributed by atoms with Crippen molar-refractivity contribution in [3.8, 4) is 5.75 Å². The van der Waals surface area contributed by atoms with Crippen molar-refractivity contribution < 1.29 is 9.53 Å². The van der Waals surface area contributed by atoms with E-state index in [4.69, 9.17) is 4.74 Å². The zero-order valence-electron chi connectivity index (χ0n) is 16.2. The second kappa shape index (κ2) is 9.88. The molecule has 0 aliphatic rings. The topological polar surface area (TPSA) is 88.2 Å². The summed E-state index contributed by atoms with van der Waals surface area (Å²) in [6.45, 7) is 2.86. The smallest absolute Gasteiger partial charge is 0.251 e. The maximum absolute atomic E-state index is 12.1. The minimum Gasteiger partial charge on any atom is -0.497 e. The highest BCUT2D eigenvalue weighted by molar-refractivity contribution is 9.10. The Morgan fingerprint density at radius 3 is 2.45 bits per heavy atom. The third-order valence-corrected chi connectivity index (χ3v) is 4.55. The number of anilines is 3. The minimum absolute atomic E-state index is 0.119. The SMILES string of the molecule is COc1ccc(Nc2cc(C)nc(NCCNC(=O)c3ccc(Br)cc3)n2)cc1. The summed E-state index contributed by atoms with van der Waals surface area (Å²) in [4.78, 5) is 21.0. The van der Waals surface area contributed by atoms with Crippen LogP contribution in [-0.4, -0.2) is 36.1 Å². The van der Waals surface area contributed by atoms with Crippen molar-refractivity contribution >= 4 is 39.3 Å². The predicted octanol–water partition coefficient (Wildman–Crippen LogP) is 4.14. The summed E-state index contributed by atoms with van der Waals surface area (Å²) in [5, 5.41) is 9.26. The number of hydrogen-bond donors (Lipinski definition) is 3. The molecule has 0 saturated heterocycles. The van der Waals surface area contributed by atoms with Crippen molar-refractivity contribution in [3.05, 3.63) is 70.3 Å². The number of amides is 1. The second-order valence-electron chi connectivity index (χ2n) is 6.26. The lowest BCUT2D eigenvalue weighted by Gasteiger charge is -2.11. The van der Waals surface area contributed by atoms with Gasteiger partial charge in [-0.3, -0.25) is 4.79 Å². The average molecular weight is 456 g/mol. The van der Waals surface area contributed by atoms with Crippen LogP contribution in [0.5, 0.6) is 5.75 Å². The molecule has 3 N–H and O–H groups in total. The number of nitrogens with zero attached hydrogens (tertiary/aromatic N) is 2. The fraction of sp³-hybridized carbons (Fsp3) is 0.190. The maximum atomic E-state index is 12.1. The Kier molecular flexibility index (Phi) is 7.02. The number of rotatable bonds is 8. The number of ether oxygens (including phenoxy) is 1. The van der Waals surface area contributed by atoms with Gasteiger partial charge in [0.1, 0.15) is 11.6 Å². The molecule has 0 radical (unpaired) electrons. The molecule has 150 valence electrons. The number of nitrogens with one attached hydrogen (secondary N) is 3. The first-order valence-corrected chi connectivity index (χ1v) is 9.87. The number of aryl methyl sites for hydroxylation is 1. The zero-order chi connectivity index (χ0) is 20.6. The third-order valence-electron chi connectivity index (χ3n) is 4.02. The fourth-order valence-corrected chi connectivity index (χ4v) is 2.85. The number of halogens is 1. The van der Waals surface area contributed by atoms with Gasteiger partial charge in [0.25, 0.3) is 5.91 Å². The summed E-state index contributed by atoms with van der Waals surface area (Å²) in [5.41, 5.74) is 2.35. The van der Waals surface area contributed by atoms with Crippen molar-refractivity contribution in [3.63, 3.8) is 0 Å². The van der Waals surface area contributed by atoms with Crippen molar-refractivity contribution in [1.82, 2.24) is 15.3 Å². The van der Waals surface area contributed by atoms with Crippen LogP contribution in [0.25, 0.3) is 0 Å². The third kappa shape index (κ3) is 6.18. The molecule has 0 spiro atoms. The molecular formula is C21H22BrN5O2. The molecule has 0 aliphatic heterocycles. The van der Waals surface area contributed by atoms with Gasteiger partial charge in [-0.25, -0.2) is 4.98 Å². The van der Waals surface area contributed by atoms with Crippen LogP contribution in [0, 0.1) is 6.92 Å². The number of benzene rings is 2. The lowest BCUT2D eigenvalue weighted by molar-refractivity contribution is 0.0955. The second-order valence-corrected chi connectivity index (χ2v) is 7.18. The van der Waals surface area contributed by atoms with Gasteiger partial charge in [0.05, 0.1) is 7.11 Å². The van der Waals surface area contributed by atoms with E-state index in [9.17, 15) is 4.79 Å². The van der Waals surface area contributed by atoms with E-state index in [0.717, 1.165) is 21.6 Å². The van der Waals surface area contributed by atoms with Crippen LogP contribution in [0.15, 0.2) is 59.1 Å². The monoisotopic (exact) mass is 455 g/mol. The van der Waals surface area contributed by atoms with Gasteiger partial charge in [-0.1, -0.05) is 15.9 Å². The molecule has 0 bridgehead atoms. The van der Waals surface area contributed by atoms with E-state index >= 15 is 0 Å². The Morgan fingerprint density at radius 2 is 1.76 bits per heavy atom. The van der Waals surface area contributed by atoms with Crippen LogP contribution >= 0.6 is 15.9 Å². The highest BCUT2D eigenvalue weighted by Crippen LogP contribution is 2.20. The Labute approximate surface area is 178 Å². The number of hydrogen-bond acceptors (Lipinski definition) is 6. The number of carbonyl (C=O) groups is 1. The first kappa shape index (κ1) is 20.6. The van der Waals surface area contributed by atoms with Crippen LogP contribution in [0.4, 0.5) is 17.5 Å². The molecule has 8 heteroatoms. The summed E-state index contributed by atoms with van der Waals surface area (Å²) >= 11 is 3.36. The number of aromatic nitrogens is 2. The summed E-state index contributed by atoms with van der Waals surface area (Å²) in [6, 6.07) is 16.7. The Bertz CT molecular complexity index is 962. The molecule has 0 saturated carbocycles. The van der Waals surface area contributed by atoms with Gasteiger partial charge in [-0.15, -0.1) is 0 Å². The van der Waals surface area contributed by atoms with Gasteiger partial charge < -0.3 is 20.7 Å². The lowest BCUT2D eigenvalue weighted by Crippen LogP contribution is -2.29. The molecule has 0 atom stereocenters. The van der Waals surface area contributed by atoms with E-state index in [2.05, 4.69) is 41.8 Å². The van der Waals surface area contributed by atoms with Crippen LogP contribution in [0.1, 0.15) is 16.1 Å². The molecule has 7 nitrogen and oxygen atoms in total. The summed E-state index contributed by atoms with van der Waals surface area (Å²) in [5.74, 6) is 1.86. The van der Waals surface area contributed by atoms with Crippen LogP contribution in [-0.2, 0) is 0 Å². The molecular weight excluding hydrogens is 434 g/mol. The first-order chi connectivity index (χ1) is 14.0. The average Bonchev–Trinajstić information content (AvgIpc) is 2.72. The zero-order valence-corrected chi connectivity index (χ0v) is 17.8. The molecule has 2 aromatic carbocycles. The van der Waals surface area contributed by atoms with E-state index in [1.807, 2.05) is 49.4 Å². The van der Waals surface area contributed by atoms with Crippen LogP contribution in [0.2, 0.25) is 0 Å². The van der Waals surface area contributed by atoms with E-state index in [0.29, 0.717) is 30.4 Å². The first-order valence-electron chi connectivity index (χ1n) is 9.08. The maximum Gasteiger partial charge on any atom is 0.251 e. The number of carbonyl (C=O) groups excluding carboxylic acids is 1. The molecule has 3 aromatic rings. The van der Waals surface area contributed by atoms with Gasteiger partial charge in [-0.2, -0.15) is 4.98 Å². The van der Waals surface area contributed by atoms with Crippen molar-refractivity contribution in [2.45, 2.75) is 6.92 Å². The molecule has 0 aliphatic carbocycles. The van der Waals surface area contributed by atoms with E-state index in [1.54, 1.807) is 19.2 Å². The molecule has 1 heterocycles. The summed E-state index contributed by atoms with van der Waals surface area (Å²) < 4.78 is 6.10. The Hall–Kier alpha value is -3.13. The highest BCUT2D eigenvalue weighted by Gasteiger charge is 2.06. The minimum atomic E-state index is -0.119. The van der Waals surface area contributed by atoms with Crippen LogP contribution < -0.4 is 20.7 Å². The normalized spacial score (nSPS) is 10.3. The molecule has 29 heavy (non-hydrogen) atoms. The van der Waals surface area contributed by atoms with Crippen molar-refractivity contribution in [1.29, 1.82) is 0 Å². The molecule has 0 fully saturated rings. The van der Waals surface area contributed by atoms with Gasteiger partial charge in [-0.05, 0) is 55.5 Å². The van der Waals surface area contributed by atoms with Crippen molar-refractivity contribution in [2.75, 3.05) is 30.8 Å². The molecule has 0 unspecified atom stereocenters. The van der Waals surface area contributed by atoms with Crippen LogP contribution in [0.3, 0.4) is 0 Å². The van der Waals surface area contributed by atoms with Crippen molar-refractivity contribution in [2.24, 2.45) is 0 Å². The van der Waals surface area contributed by atoms with Gasteiger partial charge >= 0.3 is 0 Å². The summed E-state index contributed by atoms with van der Waals surface area (Å²) in [6.07, 6.45) is 0. The lowest BCUT2D eigenvalue weighted by atomic mass is 10.2. The van der Waals surface area contributed by atoms with Gasteiger partial charge in [0.15, 0.2) is 0 Å². The predicted molar refractivity (Wildman–Crippen MR) is 118 cm³/mol. The van der Waals surface area contributed by atoms with Gasteiger partial charge in [0.2, 0.25) is 5.95 Å². The van der Waals surface area contributed by atoms with E-state index in [1.165, 1.54) is 0 Å².